The Morgan fingerprint density at radius 3 is 1.44 bits per heavy atom. The molecule has 17 N–H and O–H groups in total. The topological polar surface area (TPSA) is 436 Å². The van der Waals surface area contributed by atoms with Crippen LogP contribution < -0.4 is 5.32 Å². The lowest BCUT2D eigenvalue weighted by Gasteiger charge is -2.49. The molecule has 25 atom stereocenters. The van der Waals surface area contributed by atoms with Crippen molar-refractivity contribution in [2.24, 2.45) is 0 Å². The Kier molecular flexibility index (Phi) is 17.1. The summed E-state index contributed by atoms with van der Waals surface area (Å²) in [6.45, 7) is -3.36. The highest BCUT2D eigenvalue weighted by Gasteiger charge is 2.56. The predicted octanol–water partition coefficient (Wildman–Crippen LogP) is -11.8. The van der Waals surface area contributed by atoms with Gasteiger partial charge in [0.15, 0.2) is 31.5 Å². The van der Waals surface area contributed by atoms with Gasteiger partial charge in [0.25, 0.3) is 0 Å². The number of ether oxygens (including phenoxy) is 9. The van der Waals surface area contributed by atoms with Gasteiger partial charge in [0.2, 0.25) is 5.91 Å². The maximum absolute atomic E-state index is 12.0. The van der Waals surface area contributed by atoms with Crippen molar-refractivity contribution >= 4 is 5.91 Å². The zero-order valence-corrected chi connectivity index (χ0v) is 31.2. The minimum Gasteiger partial charge on any atom is -0.394 e. The Morgan fingerprint density at radius 1 is 0.441 bits per heavy atom. The molecule has 5 fully saturated rings. The second-order valence-corrected chi connectivity index (χ2v) is 14.7. The Balaban J connectivity index is 1.39. The summed E-state index contributed by atoms with van der Waals surface area (Å²) in [5, 5.41) is 169. The third-order valence-electron chi connectivity index (χ3n) is 10.7. The van der Waals surface area contributed by atoms with E-state index in [2.05, 4.69) is 5.32 Å². The molecule has 0 unspecified atom stereocenters. The van der Waals surface area contributed by atoms with Crippen LogP contribution in [0.3, 0.4) is 0 Å². The molecule has 5 saturated heterocycles. The summed E-state index contributed by atoms with van der Waals surface area (Å²) in [5.74, 6) is -0.755. The third-order valence-corrected chi connectivity index (χ3v) is 10.7. The standard InChI is InChI=1S/C32H55NO26/c1-7(38)33-13-17(42)14(39)8(2-34)53-29(13)59-27-16(41)12(6-51-30-22(47)18(43)15(40)9(3-35)54-30)56-32(24(27)49)58-26-11(5-37)55-31(23(48)20(26)45)57-25-10(4-36)52-28(50)21(46)19(25)44/h8-32,34-37,39-50H,2-6H2,1H3,(H,33,38)/t8-,9-,10-,11-,12-,13-,14-,15-,16-,17-,18+,19-,20-,21+,22+,23+,24+,25-,26-,27+,28-,29+,30+,31-,32-/m1/s1. The molecule has 0 radical (unpaired) electrons. The van der Waals surface area contributed by atoms with Crippen molar-refractivity contribution < 1.29 is 129 Å². The average molecular weight is 870 g/mol. The van der Waals surface area contributed by atoms with Crippen molar-refractivity contribution in [3.63, 3.8) is 0 Å². The van der Waals surface area contributed by atoms with Crippen LogP contribution in [0.25, 0.3) is 0 Å². The fourth-order valence-electron chi connectivity index (χ4n) is 7.33. The van der Waals surface area contributed by atoms with E-state index in [1.165, 1.54) is 0 Å². The molecule has 27 nitrogen and oxygen atoms in total. The number of carbonyl (C=O) groups excluding carboxylic acids is 1. The lowest BCUT2D eigenvalue weighted by atomic mass is 9.95. The number of rotatable bonds is 14. The first-order valence-corrected chi connectivity index (χ1v) is 18.6. The average Bonchev–Trinajstić information content (AvgIpc) is 3.21. The monoisotopic (exact) mass is 869 g/mol. The largest absolute Gasteiger partial charge is 0.394 e. The number of carbonyl (C=O) groups is 1. The quantitative estimate of drug-likeness (QED) is 0.0770. The highest BCUT2D eigenvalue weighted by molar-refractivity contribution is 5.73. The fraction of sp³-hybridized carbons (Fsp3) is 0.969. The summed E-state index contributed by atoms with van der Waals surface area (Å²) in [4.78, 5) is 12.0. The van der Waals surface area contributed by atoms with Gasteiger partial charge in [-0.05, 0) is 0 Å². The first-order valence-electron chi connectivity index (χ1n) is 18.6. The Morgan fingerprint density at radius 2 is 0.881 bits per heavy atom. The first-order chi connectivity index (χ1) is 27.9. The van der Waals surface area contributed by atoms with E-state index in [1.54, 1.807) is 0 Å². The lowest BCUT2D eigenvalue weighted by Crippen LogP contribution is -2.69. The van der Waals surface area contributed by atoms with Gasteiger partial charge in [-0.3, -0.25) is 4.79 Å². The van der Waals surface area contributed by atoms with E-state index in [1.807, 2.05) is 0 Å². The molecule has 5 rings (SSSR count). The van der Waals surface area contributed by atoms with Gasteiger partial charge in [0, 0.05) is 6.92 Å². The zero-order chi connectivity index (χ0) is 43.6. The summed E-state index contributed by atoms with van der Waals surface area (Å²) < 4.78 is 50.1. The van der Waals surface area contributed by atoms with Crippen LogP contribution in [0.4, 0.5) is 0 Å². The van der Waals surface area contributed by atoms with E-state index in [0.29, 0.717) is 0 Å². The summed E-state index contributed by atoms with van der Waals surface area (Å²) in [6.07, 6.45) is -44.4. The maximum atomic E-state index is 12.0. The SMILES string of the molecule is CC(=O)N[C@H]1[C@H](O[C@@H]2[C@H](O)[C@@H](O[C@H]3[C@H](O)[C@H](O)[C@@H](O[C@H]4[C@H](O)[C@H](O)[C@H](O)O[C@@H]4CO)O[C@@H]3CO)O[C@H](CO[C@H]3O[C@H](CO)[C@@H](O)[C@H](O)[C@@H]3O)[C@H]2O)O[C@H](CO)[C@@H](O)[C@@H]1O. The first kappa shape index (κ1) is 48.5. The molecule has 0 aliphatic carbocycles. The molecule has 5 aliphatic rings. The minimum atomic E-state index is -2.17. The molecule has 59 heavy (non-hydrogen) atoms. The smallest absolute Gasteiger partial charge is 0.217 e. The molecule has 0 aromatic rings. The lowest BCUT2D eigenvalue weighted by molar-refractivity contribution is -0.388. The molecule has 27 heteroatoms. The van der Waals surface area contributed by atoms with Gasteiger partial charge in [-0.1, -0.05) is 0 Å². The van der Waals surface area contributed by atoms with E-state index in [9.17, 15) is 86.5 Å². The van der Waals surface area contributed by atoms with Crippen LogP contribution in [-0.2, 0) is 47.4 Å². The number of amides is 1. The van der Waals surface area contributed by atoms with Gasteiger partial charge in [0.1, 0.15) is 122 Å². The van der Waals surface area contributed by atoms with Crippen molar-refractivity contribution in [2.45, 2.75) is 160 Å². The van der Waals surface area contributed by atoms with Crippen LogP contribution >= 0.6 is 0 Å². The molecule has 0 aromatic carbocycles. The van der Waals surface area contributed by atoms with Crippen LogP contribution in [-0.4, -0.2) is 274 Å². The van der Waals surface area contributed by atoms with Crippen LogP contribution in [0.1, 0.15) is 6.92 Å². The van der Waals surface area contributed by atoms with Crippen molar-refractivity contribution in [1.29, 1.82) is 0 Å². The highest BCUT2D eigenvalue weighted by Crippen LogP contribution is 2.35. The van der Waals surface area contributed by atoms with Gasteiger partial charge in [-0.2, -0.15) is 0 Å². The molecule has 0 saturated carbocycles. The fourth-order valence-corrected chi connectivity index (χ4v) is 7.33. The Bertz CT molecular complexity index is 1320. The summed E-state index contributed by atoms with van der Waals surface area (Å²) in [5.41, 5.74) is 0. The maximum Gasteiger partial charge on any atom is 0.217 e. The van der Waals surface area contributed by atoms with E-state index in [0.717, 1.165) is 6.92 Å². The molecular weight excluding hydrogens is 814 g/mol. The van der Waals surface area contributed by atoms with Gasteiger partial charge in [-0.15, -0.1) is 0 Å². The minimum absolute atomic E-state index is 0.755. The van der Waals surface area contributed by atoms with Gasteiger partial charge in [0.05, 0.1) is 33.0 Å². The van der Waals surface area contributed by atoms with E-state index < -0.39 is 192 Å². The van der Waals surface area contributed by atoms with Crippen LogP contribution in [0.15, 0.2) is 0 Å². The van der Waals surface area contributed by atoms with Crippen LogP contribution in [0.2, 0.25) is 0 Å². The normalized spacial score (nSPS) is 51.0. The molecule has 5 aliphatic heterocycles. The molecule has 5 heterocycles. The number of nitrogens with one attached hydrogen (secondary N) is 1. The molecule has 1 amide bonds. The van der Waals surface area contributed by atoms with Crippen LogP contribution in [0, 0.1) is 0 Å². The van der Waals surface area contributed by atoms with E-state index in [4.69, 9.17) is 42.6 Å². The molecule has 344 valence electrons. The number of hydrogen-bond donors (Lipinski definition) is 17. The van der Waals surface area contributed by atoms with Gasteiger partial charge < -0.3 is 130 Å². The molecular formula is C32H55NO26. The van der Waals surface area contributed by atoms with Gasteiger partial charge in [-0.25, -0.2) is 0 Å². The van der Waals surface area contributed by atoms with Crippen LogP contribution in [0.5, 0.6) is 0 Å². The van der Waals surface area contributed by atoms with Crippen molar-refractivity contribution in [1.82, 2.24) is 5.32 Å². The highest BCUT2D eigenvalue weighted by atomic mass is 16.8. The zero-order valence-electron chi connectivity index (χ0n) is 31.2. The number of aliphatic hydroxyl groups excluding tert-OH is 16. The second-order valence-electron chi connectivity index (χ2n) is 14.7. The summed E-state index contributed by atoms with van der Waals surface area (Å²) >= 11 is 0. The predicted molar refractivity (Wildman–Crippen MR) is 178 cm³/mol. The number of aliphatic hydroxyl groups is 16. The number of hydrogen-bond acceptors (Lipinski definition) is 26. The van der Waals surface area contributed by atoms with Gasteiger partial charge >= 0.3 is 0 Å². The molecule has 0 spiro atoms. The Hall–Kier alpha value is -1.53. The van der Waals surface area contributed by atoms with E-state index in [-0.39, 0.29) is 0 Å². The molecule has 0 bridgehead atoms. The van der Waals surface area contributed by atoms with E-state index >= 15 is 0 Å². The van der Waals surface area contributed by atoms with Crippen molar-refractivity contribution in [3.05, 3.63) is 0 Å². The van der Waals surface area contributed by atoms with Crippen molar-refractivity contribution in [2.75, 3.05) is 33.0 Å². The summed E-state index contributed by atoms with van der Waals surface area (Å²) in [6, 6.07) is -1.60. The third kappa shape index (κ3) is 10.3. The summed E-state index contributed by atoms with van der Waals surface area (Å²) in [7, 11) is 0. The Labute approximate surface area is 333 Å². The van der Waals surface area contributed by atoms with Crippen molar-refractivity contribution in [3.8, 4) is 0 Å². The molecule has 0 aromatic heterocycles. The second kappa shape index (κ2) is 20.8.